The van der Waals surface area contributed by atoms with Crippen molar-refractivity contribution < 1.29 is 13.2 Å². The van der Waals surface area contributed by atoms with Crippen molar-refractivity contribution in [1.29, 1.82) is 0 Å². The van der Waals surface area contributed by atoms with Gasteiger partial charge in [-0.25, -0.2) is 13.1 Å². The van der Waals surface area contributed by atoms with E-state index in [-0.39, 0.29) is 23.7 Å². The Bertz CT molecular complexity index is 303. The van der Waals surface area contributed by atoms with Crippen molar-refractivity contribution in [2.75, 3.05) is 32.6 Å². The van der Waals surface area contributed by atoms with Crippen LogP contribution in [0.2, 0.25) is 0 Å². The summed E-state index contributed by atoms with van der Waals surface area (Å²) in [5.41, 5.74) is -0.213. The third-order valence-electron chi connectivity index (χ3n) is 2.86. The highest BCUT2D eigenvalue weighted by Gasteiger charge is 2.34. The molecule has 0 bridgehead atoms. The molecule has 0 aromatic rings. The molecule has 7 heteroatoms. The third-order valence-corrected chi connectivity index (χ3v) is 4.39. The molecule has 5 nitrogen and oxygen atoms in total. The summed E-state index contributed by atoms with van der Waals surface area (Å²) in [5.74, 6) is 0.191. The van der Waals surface area contributed by atoms with Gasteiger partial charge in [-0.1, -0.05) is 6.92 Å². The fourth-order valence-corrected chi connectivity index (χ4v) is 3.24. The van der Waals surface area contributed by atoms with Crippen molar-refractivity contribution in [3.8, 4) is 0 Å². The Morgan fingerprint density at radius 2 is 2.18 bits per heavy atom. The van der Waals surface area contributed by atoms with Crippen LogP contribution < -0.4 is 10.0 Å². The van der Waals surface area contributed by atoms with Gasteiger partial charge >= 0.3 is 0 Å². The molecule has 1 heterocycles. The van der Waals surface area contributed by atoms with Crippen molar-refractivity contribution in [2.24, 2.45) is 0 Å². The normalized spacial score (nSPS) is 24.6. The quantitative estimate of drug-likeness (QED) is 0.715. The molecular formula is C10H23ClN2O3S. The van der Waals surface area contributed by atoms with E-state index in [1.54, 1.807) is 7.11 Å². The summed E-state index contributed by atoms with van der Waals surface area (Å²) in [7, 11) is -1.48. The predicted octanol–water partition coefficient (Wildman–Crippen LogP) is 0.506. The largest absolute Gasteiger partial charge is 0.383 e. The van der Waals surface area contributed by atoms with E-state index >= 15 is 0 Å². The van der Waals surface area contributed by atoms with E-state index in [1.165, 1.54) is 0 Å². The topological polar surface area (TPSA) is 67.4 Å². The van der Waals surface area contributed by atoms with Gasteiger partial charge in [0.1, 0.15) is 0 Å². The maximum absolute atomic E-state index is 11.6. The first-order valence-corrected chi connectivity index (χ1v) is 7.40. The molecule has 0 spiro atoms. The van der Waals surface area contributed by atoms with E-state index in [1.807, 2.05) is 6.92 Å². The first-order chi connectivity index (χ1) is 7.54. The molecule has 17 heavy (non-hydrogen) atoms. The Balaban J connectivity index is 0.00000256. The first kappa shape index (κ1) is 17.1. The summed E-state index contributed by atoms with van der Waals surface area (Å²) < 4.78 is 30.9. The maximum Gasteiger partial charge on any atom is 0.211 e. The van der Waals surface area contributed by atoms with Crippen LogP contribution in [0.1, 0.15) is 26.2 Å². The van der Waals surface area contributed by atoms with E-state index in [4.69, 9.17) is 4.74 Å². The second-order valence-corrected chi connectivity index (χ2v) is 6.31. The Kier molecular flexibility index (Phi) is 7.58. The average Bonchev–Trinajstić information content (AvgIpc) is 2.65. The summed E-state index contributed by atoms with van der Waals surface area (Å²) in [6.45, 7) is 3.75. The number of sulfonamides is 1. The second-order valence-electron chi connectivity index (χ2n) is 4.38. The molecule has 1 unspecified atom stereocenters. The molecular weight excluding hydrogens is 264 g/mol. The fraction of sp³-hybridized carbons (Fsp3) is 1.00. The van der Waals surface area contributed by atoms with Gasteiger partial charge in [0.2, 0.25) is 10.0 Å². The summed E-state index contributed by atoms with van der Waals surface area (Å²) >= 11 is 0. The number of hydrogen-bond donors (Lipinski definition) is 2. The van der Waals surface area contributed by atoms with Crippen LogP contribution in [0, 0.1) is 0 Å². The zero-order chi connectivity index (χ0) is 12.1. The van der Waals surface area contributed by atoms with Crippen molar-refractivity contribution in [3.05, 3.63) is 0 Å². The van der Waals surface area contributed by atoms with Crippen LogP contribution in [0.5, 0.6) is 0 Å². The maximum atomic E-state index is 11.6. The molecule has 104 valence electrons. The molecule has 0 amide bonds. The molecule has 0 aromatic heterocycles. The van der Waals surface area contributed by atoms with Gasteiger partial charge in [-0.2, -0.15) is 0 Å². The van der Waals surface area contributed by atoms with E-state index < -0.39 is 10.0 Å². The molecule has 1 rings (SSSR count). The monoisotopic (exact) mass is 286 g/mol. The molecule has 1 atom stereocenters. The van der Waals surface area contributed by atoms with E-state index in [0.717, 1.165) is 19.4 Å². The number of methoxy groups -OCH3 is 1. The van der Waals surface area contributed by atoms with E-state index in [0.29, 0.717) is 19.6 Å². The van der Waals surface area contributed by atoms with Gasteiger partial charge in [0.05, 0.1) is 17.9 Å². The number of rotatable bonds is 7. The van der Waals surface area contributed by atoms with Crippen molar-refractivity contribution in [3.63, 3.8) is 0 Å². The zero-order valence-corrected chi connectivity index (χ0v) is 12.1. The standard InChI is InChI=1S/C10H22N2O3S.ClH/c1-3-7-16(13,14)12-8-10(9-15-2)5-4-6-11-10;/h11-12H,3-9H2,1-2H3;1H. The van der Waals surface area contributed by atoms with E-state index in [2.05, 4.69) is 10.0 Å². The predicted molar refractivity (Wildman–Crippen MR) is 71.2 cm³/mol. The van der Waals surface area contributed by atoms with Gasteiger partial charge < -0.3 is 10.1 Å². The Morgan fingerprint density at radius 3 is 2.65 bits per heavy atom. The van der Waals surface area contributed by atoms with E-state index in [9.17, 15) is 8.42 Å². The van der Waals surface area contributed by atoms with Gasteiger partial charge in [-0.3, -0.25) is 0 Å². The number of ether oxygens (including phenoxy) is 1. The lowest BCUT2D eigenvalue weighted by atomic mass is 9.99. The average molecular weight is 287 g/mol. The molecule has 0 radical (unpaired) electrons. The molecule has 0 aromatic carbocycles. The van der Waals surface area contributed by atoms with Gasteiger partial charge in [0.25, 0.3) is 0 Å². The Hall–Kier alpha value is 0.120. The van der Waals surface area contributed by atoms with Gasteiger partial charge in [0.15, 0.2) is 0 Å². The van der Waals surface area contributed by atoms with Crippen LogP contribution in [0.3, 0.4) is 0 Å². The number of nitrogens with one attached hydrogen (secondary N) is 2. The van der Waals surface area contributed by atoms with Crippen molar-refractivity contribution in [1.82, 2.24) is 10.0 Å². The first-order valence-electron chi connectivity index (χ1n) is 5.75. The lowest BCUT2D eigenvalue weighted by Gasteiger charge is -2.28. The van der Waals surface area contributed by atoms with Crippen molar-refractivity contribution >= 4 is 22.4 Å². The molecule has 0 saturated carbocycles. The van der Waals surface area contributed by atoms with Crippen LogP contribution in [0.15, 0.2) is 0 Å². The minimum absolute atomic E-state index is 0. The summed E-state index contributed by atoms with van der Waals surface area (Å²) in [6.07, 6.45) is 2.66. The highest BCUT2D eigenvalue weighted by Crippen LogP contribution is 2.19. The number of halogens is 1. The Labute approximate surface area is 110 Å². The summed E-state index contributed by atoms with van der Waals surface area (Å²) in [5, 5.41) is 3.33. The number of hydrogen-bond acceptors (Lipinski definition) is 4. The van der Waals surface area contributed by atoms with Crippen LogP contribution in [-0.4, -0.2) is 46.5 Å². The van der Waals surface area contributed by atoms with Gasteiger partial charge in [-0.05, 0) is 25.8 Å². The molecule has 1 aliphatic heterocycles. The summed E-state index contributed by atoms with van der Waals surface area (Å²) in [6, 6.07) is 0. The summed E-state index contributed by atoms with van der Waals surface area (Å²) in [4.78, 5) is 0. The SMILES string of the molecule is CCCS(=O)(=O)NCC1(COC)CCCN1.Cl. The second kappa shape index (κ2) is 7.53. The minimum Gasteiger partial charge on any atom is -0.383 e. The van der Waals surface area contributed by atoms with Crippen LogP contribution in [0.25, 0.3) is 0 Å². The lowest BCUT2D eigenvalue weighted by molar-refractivity contribution is 0.122. The van der Waals surface area contributed by atoms with Crippen LogP contribution >= 0.6 is 12.4 Å². The Morgan fingerprint density at radius 1 is 1.47 bits per heavy atom. The van der Waals surface area contributed by atoms with Crippen molar-refractivity contribution in [2.45, 2.75) is 31.7 Å². The van der Waals surface area contributed by atoms with Gasteiger partial charge in [-0.15, -0.1) is 12.4 Å². The lowest BCUT2D eigenvalue weighted by Crippen LogP contribution is -2.53. The molecule has 1 saturated heterocycles. The zero-order valence-electron chi connectivity index (χ0n) is 10.5. The molecule has 2 N–H and O–H groups in total. The molecule has 0 aliphatic carbocycles. The smallest absolute Gasteiger partial charge is 0.211 e. The minimum atomic E-state index is -3.12. The molecule has 1 aliphatic rings. The highest BCUT2D eigenvalue weighted by molar-refractivity contribution is 7.89. The third kappa shape index (κ3) is 5.52. The molecule has 1 fully saturated rings. The van der Waals surface area contributed by atoms with Gasteiger partial charge in [0, 0.05) is 13.7 Å². The van der Waals surface area contributed by atoms with Crippen LogP contribution in [0.4, 0.5) is 0 Å². The highest BCUT2D eigenvalue weighted by atomic mass is 35.5. The fourth-order valence-electron chi connectivity index (χ4n) is 2.06. The van der Waals surface area contributed by atoms with Crippen LogP contribution in [-0.2, 0) is 14.8 Å².